The Balaban J connectivity index is 2.19. The topological polar surface area (TPSA) is 37.4 Å². The lowest BCUT2D eigenvalue weighted by Gasteiger charge is -2.31. The first-order chi connectivity index (χ1) is 13.2. The Labute approximate surface area is 168 Å². The van der Waals surface area contributed by atoms with Crippen LogP contribution in [0.4, 0.5) is 14.5 Å². The standard InChI is InChI=1S/C21H18ClF2NO2S/c1-14-8-9-17(12-21(14)24)25(15(2)16-6-4-3-5-7-16)28(26,27)18-10-11-20(23)19(22)13-18/h3-13,15H,1-2H3. The lowest BCUT2D eigenvalue weighted by atomic mass is 10.1. The molecule has 3 rings (SSSR count). The second-order valence-corrected chi connectivity index (χ2v) is 8.62. The van der Waals surface area contributed by atoms with Crippen LogP contribution in [0.1, 0.15) is 24.1 Å². The van der Waals surface area contributed by atoms with Crippen molar-refractivity contribution in [2.75, 3.05) is 4.31 Å². The minimum atomic E-state index is -4.15. The van der Waals surface area contributed by atoms with E-state index in [1.165, 1.54) is 12.1 Å². The van der Waals surface area contributed by atoms with Crippen molar-refractivity contribution >= 4 is 27.3 Å². The summed E-state index contributed by atoms with van der Waals surface area (Å²) < 4.78 is 55.7. The van der Waals surface area contributed by atoms with E-state index < -0.39 is 27.7 Å². The molecule has 7 heteroatoms. The van der Waals surface area contributed by atoms with Gasteiger partial charge in [0.1, 0.15) is 11.6 Å². The molecule has 3 aromatic carbocycles. The van der Waals surface area contributed by atoms with E-state index in [9.17, 15) is 17.2 Å². The van der Waals surface area contributed by atoms with E-state index in [-0.39, 0.29) is 15.6 Å². The second kappa shape index (κ2) is 7.89. The number of hydrogen-bond donors (Lipinski definition) is 0. The molecule has 3 aromatic rings. The molecule has 0 bridgehead atoms. The third-order valence-electron chi connectivity index (χ3n) is 4.49. The quantitative estimate of drug-likeness (QED) is 0.515. The van der Waals surface area contributed by atoms with Crippen molar-refractivity contribution in [3.8, 4) is 0 Å². The van der Waals surface area contributed by atoms with Gasteiger partial charge in [-0.2, -0.15) is 0 Å². The monoisotopic (exact) mass is 421 g/mol. The summed E-state index contributed by atoms with van der Waals surface area (Å²) in [7, 11) is -4.15. The van der Waals surface area contributed by atoms with Crippen LogP contribution in [-0.2, 0) is 10.0 Å². The summed E-state index contributed by atoms with van der Waals surface area (Å²) in [4.78, 5) is -0.178. The largest absolute Gasteiger partial charge is 0.264 e. The van der Waals surface area contributed by atoms with E-state index in [0.717, 1.165) is 28.1 Å². The average Bonchev–Trinajstić information content (AvgIpc) is 2.67. The van der Waals surface area contributed by atoms with E-state index in [2.05, 4.69) is 0 Å². The van der Waals surface area contributed by atoms with Gasteiger partial charge in [-0.15, -0.1) is 0 Å². The van der Waals surface area contributed by atoms with Crippen LogP contribution in [0.3, 0.4) is 0 Å². The molecule has 3 nitrogen and oxygen atoms in total. The number of rotatable bonds is 5. The van der Waals surface area contributed by atoms with Crippen molar-refractivity contribution in [3.63, 3.8) is 0 Å². The van der Waals surface area contributed by atoms with Gasteiger partial charge in [0, 0.05) is 0 Å². The van der Waals surface area contributed by atoms with Crippen molar-refractivity contribution in [3.05, 3.63) is 94.5 Å². The molecule has 0 amide bonds. The Bertz CT molecular complexity index is 1100. The van der Waals surface area contributed by atoms with E-state index >= 15 is 0 Å². The molecule has 0 N–H and O–H groups in total. The molecule has 0 spiro atoms. The van der Waals surface area contributed by atoms with Gasteiger partial charge in [-0.1, -0.05) is 48.0 Å². The molecule has 28 heavy (non-hydrogen) atoms. The SMILES string of the molecule is Cc1ccc(N(C(C)c2ccccc2)S(=O)(=O)c2ccc(F)c(Cl)c2)cc1F. The highest BCUT2D eigenvalue weighted by Crippen LogP contribution is 2.35. The first kappa shape index (κ1) is 20.3. The van der Waals surface area contributed by atoms with Crippen LogP contribution in [0.15, 0.2) is 71.6 Å². The maximum atomic E-state index is 14.2. The maximum Gasteiger partial charge on any atom is 0.264 e. The van der Waals surface area contributed by atoms with E-state index in [4.69, 9.17) is 11.6 Å². The average molecular weight is 422 g/mol. The summed E-state index contributed by atoms with van der Waals surface area (Å²) >= 11 is 5.80. The molecule has 0 radical (unpaired) electrons. The van der Waals surface area contributed by atoms with Gasteiger partial charge in [-0.05, 0) is 55.3 Å². The summed E-state index contributed by atoms with van der Waals surface area (Å²) in [5.41, 5.74) is 1.29. The second-order valence-electron chi connectivity index (χ2n) is 6.40. The zero-order valence-corrected chi connectivity index (χ0v) is 16.8. The summed E-state index contributed by atoms with van der Waals surface area (Å²) in [5.74, 6) is -1.24. The van der Waals surface area contributed by atoms with E-state index in [1.807, 2.05) is 6.07 Å². The van der Waals surface area contributed by atoms with Crippen molar-refractivity contribution in [2.45, 2.75) is 24.8 Å². The third kappa shape index (κ3) is 3.88. The van der Waals surface area contributed by atoms with E-state index in [0.29, 0.717) is 5.56 Å². The van der Waals surface area contributed by atoms with Gasteiger partial charge in [0.15, 0.2) is 0 Å². The van der Waals surface area contributed by atoms with Gasteiger partial charge in [0.25, 0.3) is 10.0 Å². The van der Waals surface area contributed by atoms with Crippen LogP contribution in [0.5, 0.6) is 0 Å². The molecular weight excluding hydrogens is 404 g/mol. The summed E-state index contributed by atoms with van der Waals surface area (Å²) in [6.07, 6.45) is 0. The predicted octanol–water partition coefficient (Wildman–Crippen LogP) is 5.88. The van der Waals surface area contributed by atoms with Gasteiger partial charge in [0.05, 0.1) is 21.6 Å². The normalized spacial score (nSPS) is 12.6. The Hall–Kier alpha value is -2.44. The lowest BCUT2D eigenvalue weighted by Crippen LogP contribution is -2.34. The number of anilines is 1. The van der Waals surface area contributed by atoms with Crippen LogP contribution in [-0.4, -0.2) is 8.42 Å². The molecule has 0 saturated carbocycles. The number of sulfonamides is 1. The van der Waals surface area contributed by atoms with Crippen LogP contribution >= 0.6 is 11.6 Å². The highest BCUT2D eigenvalue weighted by atomic mass is 35.5. The van der Waals surface area contributed by atoms with Crippen LogP contribution in [0.2, 0.25) is 5.02 Å². The molecule has 0 aromatic heterocycles. The highest BCUT2D eigenvalue weighted by Gasteiger charge is 2.31. The fourth-order valence-electron chi connectivity index (χ4n) is 2.91. The van der Waals surface area contributed by atoms with Crippen molar-refractivity contribution < 1.29 is 17.2 Å². The van der Waals surface area contributed by atoms with Crippen LogP contribution in [0, 0.1) is 18.6 Å². The Morgan fingerprint density at radius 3 is 2.21 bits per heavy atom. The molecule has 0 heterocycles. The van der Waals surface area contributed by atoms with E-state index in [1.54, 1.807) is 44.2 Å². The highest BCUT2D eigenvalue weighted by molar-refractivity contribution is 7.92. The number of hydrogen-bond acceptors (Lipinski definition) is 2. The zero-order chi connectivity index (χ0) is 20.5. The maximum absolute atomic E-state index is 14.2. The number of aryl methyl sites for hydroxylation is 1. The molecule has 0 aliphatic carbocycles. The molecule has 0 aliphatic rings. The number of nitrogens with zero attached hydrogens (tertiary/aromatic N) is 1. The Kier molecular flexibility index (Phi) is 5.72. The molecule has 1 unspecified atom stereocenters. The summed E-state index contributed by atoms with van der Waals surface area (Å²) in [5, 5.41) is -0.302. The first-order valence-electron chi connectivity index (χ1n) is 8.52. The number of halogens is 3. The van der Waals surface area contributed by atoms with Crippen LogP contribution < -0.4 is 4.31 Å². The van der Waals surface area contributed by atoms with Crippen molar-refractivity contribution in [1.82, 2.24) is 0 Å². The minimum Gasteiger partial charge on any atom is -0.259 e. The number of benzene rings is 3. The molecular formula is C21H18ClF2NO2S. The van der Waals surface area contributed by atoms with Gasteiger partial charge in [0.2, 0.25) is 0 Å². The summed E-state index contributed by atoms with van der Waals surface area (Å²) in [6.45, 7) is 3.30. The van der Waals surface area contributed by atoms with Gasteiger partial charge in [-0.3, -0.25) is 4.31 Å². The van der Waals surface area contributed by atoms with Gasteiger partial charge in [-0.25, -0.2) is 17.2 Å². The van der Waals surface area contributed by atoms with Gasteiger partial charge < -0.3 is 0 Å². The summed E-state index contributed by atoms with van der Waals surface area (Å²) in [6, 6.07) is 15.8. The zero-order valence-electron chi connectivity index (χ0n) is 15.2. The van der Waals surface area contributed by atoms with Crippen LogP contribution in [0.25, 0.3) is 0 Å². The van der Waals surface area contributed by atoms with Crippen molar-refractivity contribution in [1.29, 1.82) is 0 Å². The molecule has 0 aliphatic heterocycles. The first-order valence-corrected chi connectivity index (χ1v) is 10.3. The minimum absolute atomic E-state index is 0.167. The fourth-order valence-corrected chi connectivity index (χ4v) is 4.82. The fraction of sp³-hybridized carbons (Fsp3) is 0.143. The molecule has 146 valence electrons. The molecule has 1 atom stereocenters. The smallest absolute Gasteiger partial charge is 0.259 e. The Morgan fingerprint density at radius 2 is 1.61 bits per heavy atom. The van der Waals surface area contributed by atoms with Gasteiger partial charge >= 0.3 is 0 Å². The lowest BCUT2D eigenvalue weighted by molar-refractivity contribution is 0.581. The Morgan fingerprint density at radius 1 is 0.929 bits per heavy atom. The molecule has 0 saturated heterocycles. The third-order valence-corrected chi connectivity index (χ3v) is 6.68. The molecule has 0 fully saturated rings. The predicted molar refractivity (Wildman–Crippen MR) is 107 cm³/mol. The van der Waals surface area contributed by atoms with Crippen molar-refractivity contribution in [2.24, 2.45) is 0 Å².